The van der Waals surface area contributed by atoms with Gasteiger partial charge < -0.3 is 16.6 Å². The number of carbonyl (C=O) groups excluding carboxylic acids is 1. The van der Waals surface area contributed by atoms with E-state index in [4.69, 9.17) is 16.7 Å². The van der Waals surface area contributed by atoms with Crippen LogP contribution in [0.5, 0.6) is 5.88 Å². The van der Waals surface area contributed by atoms with Gasteiger partial charge in [0.15, 0.2) is 5.69 Å². The third kappa shape index (κ3) is 5.01. The van der Waals surface area contributed by atoms with Crippen molar-refractivity contribution in [1.29, 1.82) is 0 Å². The van der Waals surface area contributed by atoms with Crippen LogP contribution in [0.1, 0.15) is 22.8 Å². The maximum absolute atomic E-state index is 12.6. The second-order valence-electron chi connectivity index (χ2n) is 5.84. The summed E-state index contributed by atoms with van der Waals surface area (Å²) in [5, 5.41) is 29.6. The summed E-state index contributed by atoms with van der Waals surface area (Å²) in [5.74, 6) is -1.62. The minimum absolute atomic E-state index is 0.00741. The second kappa shape index (κ2) is 9.41. The molecule has 0 unspecified atom stereocenters. The monoisotopic (exact) mass is 475 g/mol. The predicted octanol–water partition coefficient (Wildman–Crippen LogP) is 1.65. The summed E-state index contributed by atoms with van der Waals surface area (Å²) >= 11 is 0.293. The number of aromatic nitrogens is 1. The van der Waals surface area contributed by atoms with Gasteiger partial charge in [-0.1, -0.05) is 5.04 Å². The van der Waals surface area contributed by atoms with Crippen LogP contribution in [0.4, 0.5) is 17.1 Å². The number of rotatable bonds is 8. The fourth-order valence-corrected chi connectivity index (χ4v) is 3.75. The van der Waals surface area contributed by atoms with Gasteiger partial charge in [0.05, 0.1) is 22.6 Å². The highest BCUT2D eigenvalue weighted by Gasteiger charge is 2.23. The van der Waals surface area contributed by atoms with Crippen molar-refractivity contribution in [1.82, 2.24) is 4.57 Å². The largest absolute Gasteiger partial charge is 0.494 e. The van der Waals surface area contributed by atoms with E-state index < -0.39 is 38.0 Å². The number of nitrogens with zero attached hydrogens (tertiary/aromatic N) is 3. The van der Waals surface area contributed by atoms with Gasteiger partial charge in [0.2, 0.25) is 5.88 Å². The summed E-state index contributed by atoms with van der Waals surface area (Å²) < 4.78 is 37.3. The zero-order valence-electron chi connectivity index (χ0n) is 16.0. The van der Waals surface area contributed by atoms with E-state index in [0.29, 0.717) is 12.0 Å². The normalized spacial score (nSPS) is 11.9. The van der Waals surface area contributed by atoms with Crippen LogP contribution < -0.4 is 17.0 Å². The molecule has 14 nitrogen and oxygen atoms in total. The zero-order valence-corrected chi connectivity index (χ0v) is 17.6. The molecular weight excluding hydrogens is 458 g/mol. The molecule has 1 aromatic heterocycles. The molecule has 0 aliphatic heterocycles. The van der Waals surface area contributed by atoms with Crippen LogP contribution in [-0.2, 0) is 26.0 Å². The highest BCUT2D eigenvalue weighted by Crippen LogP contribution is 2.37. The molecule has 0 aliphatic rings. The summed E-state index contributed by atoms with van der Waals surface area (Å²) in [5.41, 5.74) is 8.87. The lowest BCUT2D eigenvalue weighted by atomic mass is 10.1. The highest BCUT2D eigenvalue weighted by atomic mass is 32.2. The molecule has 16 heteroatoms. The Morgan fingerprint density at radius 2 is 1.97 bits per heavy atom. The van der Waals surface area contributed by atoms with Crippen molar-refractivity contribution in [2.24, 2.45) is 16.0 Å². The molecule has 0 radical (unpaired) electrons. The van der Waals surface area contributed by atoms with E-state index in [-0.39, 0.29) is 33.9 Å². The quantitative estimate of drug-likeness (QED) is 0.0919. The minimum Gasteiger partial charge on any atom is -0.494 e. The fraction of sp³-hybridized carbons (Fsp3) is 0.200. The van der Waals surface area contributed by atoms with Gasteiger partial charge in [-0.05, 0) is 26.0 Å². The Labute approximate surface area is 178 Å². The first-order valence-electron chi connectivity index (χ1n) is 8.17. The Kier molecular flexibility index (Phi) is 7.37. The minimum atomic E-state index is -4.71. The molecule has 0 fully saturated rings. The number of carbonyl (C=O) groups is 1. The van der Waals surface area contributed by atoms with E-state index in [1.165, 1.54) is 13.8 Å². The van der Waals surface area contributed by atoms with Gasteiger partial charge in [0, 0.05) is 12.1 Å². The molecule has 31 heavy (non-hydrogen) atoms. The van der Waals surface area contributed by atoms with Crippen molar-refractivity contribution < 1.29 is 37.5 Å². The molecule has 0 spiro atoms. The van der Waals surface area contributed by atoms with E-state index >= 15 is 0 Å². The van der Waals surface area contributed by atoms with Crippen LogP contribution in [0, 0.1) is 6.92 Å². The Morgan fingerprint density at radius 3 is 2.48 bits per heavy atom. The van der Waals surface area contributed by atoms with Gasteiger partial charge in [0.25, 0.3) is 21.6 Å². The van der Waals surface area contributed by atoms with Gasteiger partial charge in [0.1, 0.15) is 16.1 Å². The Balaban J connectivity index is 2.72. The van der Waals surface area contributed by atoms with Crippen molar-refractivity contribution in [2.45, 2.75) is 30.2 Å². The summed E-state index contributed by atoms with van der Waals surface area (Å²) in [6.45, 7) is 2.86. The predicted molar refractivity (Wildman–Crippen MR) is 107 cm³/mol. The lowest BCUT2D eigenvalue weighted by molar-refractivity contribution is -0.432. The number of nitrogens with two attached hydrogens (primary N) is 2. The molecule has 0 aliphatic carbocycles. The lowest BCUT2D eigenvalue weighted by Crippen LogP contribution is -2.25. The summed E-state index contributed by atoms with van der Waals surface area (Å²) in [7, 11) is -4.71. The second-order valence-corrected chi connectivity index (χ2v) is 7.98. The van der Waals surface area contributed by atoms with E-state index in [0.717, 1.165) is 16.7 Å². The number of pyridine rings is 1. The number of anilines is 1. The number of azo groups is 1. The standard InChI is InChI=1S/C15H17N5O9S2/c1-3-20-14(22)11(13(17)21)6(2)12(15(20)23)19-18-8-4-7(16)10(31(25,26)27)5-9(8)30-29-28-24/h4-5,22,24H,3,16H2,1-2H3,(H2,17,21)(H,25,26,27). The molecule has 1 amide bonds. The molecule has 7 N–H and O–H groups in total. The molecule has 2 rings (SSSR count). The van der Waals surface area contributed by atoms with Crippen LogP contribution in [0.3, 0.4) is 0 Å². The first kappa shape index (κ1) is 24.3. The maximum atomic E-state index is 12.6. The first-order valence-corrected chi connectivity index (χ1v) is 10.4. The van der Waals surface area contributed by atoms with Gasteiger partial charge in [-0.3, -0.25) is 18.7 Å². The third-order valence-electron chi connectivity index (χ3n) is 4.00. The van der Waals surface area contributed by atoms with E-state index in [2.05, 4.69) is 19.6 Å². The zero-order chi connectivity index (χ0) is 23.5. The number of hydrogen-bond acceptors (Lipinski definition) is 12. The molecular formula is C15H17N5O9S2. The number of hydrogen-bond donors (Lipinski definition) is 5. The lowest BCUT2D eigenvalue weighted by Gasteiger charge is -2.13. The fourth-order valence-electron chi connectivity index (χ4n) is 2.60. The van der Waals surface area contributed by atoms with E-state index in [1.807, 2.05) is 0 Å². The molecule has 0 bridgehead atoms. The SMILES string of the molecule is CCn1c(O)c(C(N)=O)c(C)c(N=Nc2cc(N)c(S(=O)(=O)O)cc2SOOO)c1=O. The average Bonchev–Trinajstić information content (AvgIpc) is 2.66. The average molecular weight is 475 g/mol. The van der Waals surface area contributed by atoms with Gasteiger partial charge in [-0.15, -0.1) is 14.6 Å². The van der Waals surface area contributed by atoms with Gasteiger partial charge in [-0.25, -0.2) is 5.26 Å². The van der Waals surface area contributed by atoms with Crippen LogP contribution in [0.2, 0.25) is 0 Å². The van der Waals surface area contributed by atoms with Gasteiger partial charge >= 0.3 is 0 Å². The number of amides is 1. The van der Waals surface area contributed by atoms with Crippen LogP contribution in [0.25, 0.3) is 0 Å². The smallest absolute Gasteiger partial charge is 0.296 e. The topological polar surface area (TPSA) is 229 Å². The molecule has 2 aromatic rings. The Hall–Kier alpha value is -3.02. The van der Waals surface area contributed by atoms with Crippen LogP contribution in [-0.4, -0.2) is 33.8 Å². The van der Waals surface area contributed by atoms with E-state index in [9.17, 15) is 27.7 Å². The summed E-state index contributed by atoms with van der Waals surface area (Å²) in [4.78, 5) is 23.5. The number of primary amides is 1. The van der Waals surface area contributed by atoms with Gasteiger partial charge in [-0.2, -0.15) is 8.42 Å². The summed E-state index contributed by atoms with van der Waals surface area (Å²) in [6.07, 6.45) is 0. The van der Waals surface area contributed by atoms with E-state index in [1.54, 1.807) is 0 Å². The first-order chi connectivity index (χ1) is 14.4. The molecule has 1 aromatic carbocycles. The number of nitrogen functional groups attached to an aromatic ring is 1. The van der Waals surface area contributed by atoms with Crippen molar-refractivity contribution in [3.8, 4) is 5.88 Å². The highest BCUT2D eigenvalue weighted by molar-refractivity contribution is 7.94. The maximum Gasteiger partial charge on any atom is 0.296 e. The Bertz CT molecular complexity index is 1220. The third-order valence-corrected chi connectivity index (χ3v) is 5.55. The van der Waals surface area contributed by atoms with Crippen LogP contribution in [0.15, 0.2) is 36.9 Å². The molecule has 0 saturated heterocycles. The van der Waals surface area contributed by atoms with Crippen molar-refractivity contribution >= 4 is 45.1 Å². The molecule has 168 valence electrons. The number of benzene rings is 1. The van der Waals surface area contributed by atoms with Crippen molar-refractivity contribution in [3.05, 3.63) is 33.6 Å². The van der Waals surface area contributed by atoms with Crippen molar-refractivity contribution in [3.63, 3.8) is 0 Å². The summed E-state index contributed by atoms with van der Waals surface area (Å²) in [6, 6.07) is 1.87. The van der Waals surface area contributed by atoms with Crippen LogP contribution >= 0.6 is 12.0 Å². The van der Waals surface area contributed by atoms with Crippen molar-refractivity contribution in [2.75, 3.05) is 5.73 Å². The molecule has 1 heterocycles. The molecule has 0 atom stereocenters. The Morgan fingerprint density at radius 1 is 1.32 bits per heavy atom. The number of aromatic hydroxyl groups is 1. The molecule has 0 saturated carbocycles.